The van der Waals surface area contributed by atoms with Crippen molar-refractivity contribution >= 4 is 5.84 Å². The van der Waals surface area contributed by atoms with Gasteiger partial charge in [-0.3, -0.25) is 4.99 Å². The van der Waals surface area contributed by atoms with Crippen molar-refractivity contribution in [2.24, 2.45) is 4.99 Å². The Labute approximate surface area is 86.4 Å². The van der Waals surface area contributed by atoms with Gasteiger partial charge in [0.15, 0.2) is 0 Å². The zero-order valence-electron chi connectivity index (χ0n) is 9.05. The summed E-state index contributed by atoms with van der Waals surface area (Å²) in [6.07, 6.45) is 6.90. The molecule has 0 radical (unpaired) electrons. The van der Waals surface area contributed by atoms with Gasteiger partial charge in [0.2, 0.25) is 0 Å². The maximum atomic E-state index is 4.44. The molecule has 2 aliphatic rings. The van der Waals surface area contributed by atoms with Crippen LogP contribution in [0.5, 0.6) is 0 Å². The van der Waals surface area contributed by atoms with E-state index in [1.165, 1.54) is 32.1 Å². The predicted molar refractivity (Wildman–Crippen MR) is 59.8 cm³/mol. The highest BCUT2D eigenvalue weighted by Crippen LogP contribution is 2.17. The number of nitrogens with zero attached hydrogens (tertiary/aromatic N) is 1. The lowest BCUT2D eigenvalue weighted by Gasteiger charge is -2.26. The molecule has 3 heteroatoms. The Hall–Kier alpha value is -0.570. The van der Waals surface area contributed by atoms with Crippen LogP contribution in [0.15, 0.2) is 4.99 Å². The normalized spacial score (nSPS) is 25.6. The molecule has 1 saturated carbocycles. The molecule has 1 atom stereocenters. The lowest BCUT2D eigenvalue weighted by atomic mass is 9.95. The first-order valence-corrected chi connectivity index (χ1v) is 5.90. The minimum Gasteiger partial charge on any atom is -0.371 e. The molecule has 0 aromatic heterocycles. The number of rotatable bonds is 3. The number of hydrogen-bond donors (Lipinski definition) is 2. The molecule has 0 saturated heterocycles. The van der Waals surface area contributed by atoms with Gasteiger partial charge in [-0.1, -0.05) is 19.3 Å². The van der Waals surface area contributed by atoms with Crippen LogP contribution in [0.4, 0.5) is 0 Å². The van der Waals surface area contributed by atoms with E-state index in [1.54, 1.807) is 0 Å². The minimum absolute atomic E-state index is 0.417. The van der Waals surface area contributed by atoms with Gasteiger partial charge in [-0.05, 0) is 19.8 Å². The van der Waals surface area contributed by atoms with Crippen LogP contribution in [0.1, 0.15) is 39.0 Å². The van der Waals surface area contributed by atoms with Gasteiger partial charge in [-0.2, -0.15) is 0 Å². The topological polar surface area (TPSA) is 36.4 Å². The lowest BCUT2D eigenvalue weighted by Crippen LogP contribution is -2.45. The Kier molecular flexibility index (Phi) is 3.40. The third kappa shape index (κ3) is 2.47. The van der Waals surface area contributed by atoms with Gasteiger partial charge in [0.25, 0.3) is 0 Å². The molecule has 1 aliphatic heterocycles. The zero-order chi connectivity index (χ0) is 9.80. The lowest BCUT2D eigenvalue weighted by molar-refractivity contribution is 0.366. The van der Waals surface area contributed by atoms with Crippen molar-refractivity contribution in [1.29, 1.82) is 0 Å². The number of nitrogens with one attached hydrogen (secondary N) is 2. The highest BCUT2D eigenvalue weighted by atomic mass is 15.1. The molecule has 0 bridgehead atoms. The summed E-state index contributed by atoms with van der Waals surface area (Å²) in [5.41, 5.74) is 0. The van der Waals surface area contributed by atoms with Crippen molar-refractivity contribution in [2.45, 2.75) is 51.1 Å². The highest BCUT2D eigenvalue weighted by Gasteiger charge is 2.19. The Bertz CT molecular complexity index is 207. The van der Waals surface area contributed by atoms with E-state index in [0.717, 1.165) is 25.0 Å². The van der Waals surface area contributed by atoms with Gasteiger partial charge in [0, 0.05) is 12.6 Å². The predicted octanol–water partition coefficient (Wildman–Crippen LogP) is 1.30. The van der Waals surface area contributed by atoms with E-state index in [4.69, 9.17) is 0 Å². The fourth-order valence-electron chi connectivity index (χ4n) is 2.41. The van der Waals surface area contributed by atoms with Gasteiger partial charge in [0.1, 0.15) is 5.84 Å². The van der Waals surface area contributed by atoms with Crippen molar-refractivity contribution in [2.75, 3.05) is 13.1 Å². The summed E-state index contributed by atoms with van der Waals surface area (Å²) in [5.74, 6) is 1.16. The van der Waals surface area contributed by atoms with E-state index >= 15 is 0 Å². The number of hydrogen-bond acceptors (Lipinski definition) is 3. The third-order valence-electron chi connectivity index (χ3n) is 3.20. The quantitative estimate of drug-likeness (QED) is 0.712. The summed E-state index contributed by atoms with van der Waals surface area (Å²) < 4.78 is 0. The van der Waals surface area contributed by atoms with E-state index in [9.17, 15) is 0 Å². The van der Waals surface area contributed by atoms with Crippen molar-refractivity contribution in [3.8, 4) is 0 Å². The van der Waals surface area contributed by atoms with Crippen LogP contribution >= 0.6 is 0 Å². The standard InChI is InChI=1S/C11H21N3/c1-9(11-12-7-8-13-11)14-10-5-3-2-4-6-10/h9-10,14H,2-8H2,1H3,(H,12,13). The summed E-state index contributed by atoms with van der Waals surface area (Å²) in [5, 5.41) is 7.00. The highest BCUT2D eigenvalue weighted by molar-refractivity contribution is 5.88. The van der Waals surface area contributed by atoms with Crippen LogP contribution in [0.25, 0.3) is 0 Å². The van der Waals surface area contributed by atoms with E-state index in [-0.39, 0.29) is 0 Å². The van der Waals surface area contributed by atoms with Crippen LogP contribution < -0.4 is 10.6 Å². The number of amidine groups is 1. The molecule has 1 unspecified atom stereocenters. The van der Waals surface area contributed by atoms with Crippen LogP contribution in [0.3, 0.4) is 0 Å². The van der Waals surface area contributed by atoms with E-state index in [2.05, 4.69) is 22.5 Å². The molecule has 1 aliphatic carbocycles. The van der Waals surface area contributed by atoms with Crippen LogP contribution in [-0.4, -0.2) is 31.0 Å². The van der Waals surface area contributed by atoms with Gasteiger partial charge < -0.3 is 10.6 Å². The van der Waals surface area contributed by atoms with Gasteiger partial charge in [-0.25, -0.2) is 0 Å². The first-order chi connectivity index (χ1) is 6.86. The Morgan fingerprint density at radius 2 is 2.14 bits per heavy atom. The van der Waals surface area contributed by atoms with Gasteiger partial charge in [0.05, 0.1) is 12.6 Å². The molecular weight excluding hydrogens is 174 g/mol. The van der Waals surface area contributed by atoms with Crippen molar-refractivity contribution in [3.63, 3.8) is 0 Å². The van der Waals surface area contributed by atoms with Crippen molar-refractivity contribution in [3.05, 3.63) is 0 Å². The molecular formula is C11H21N3. The number of aliphatic imine (C=N–C) groups is 1. The van der Waals surface area contributed by atoms with Gasteiger partial charge >= 0.3 is 0 Å². The van der Waals surface area contributed by atoms with Crippen molar-refractivity contribution < 1.29 is 0 Å². The molecule has 1 fully saturated rings. The molecule has 0 aromatic rings. The molecule has 2 N–H and O–H groups in total. The first kappa shape index (κ1) is 9.97. The van der Waals surface area contributed by atoms with Crippen molar-refractivity contribution in [1.82, 2.24) is 10.6 Å². The molecule has 80 valence electrons. The molecule has 3 nitrogen and oxygen atoms in total. The molecule has 0 aromatic carbocycles. The first-order valence-electron chi connectivity index (χ1n) is 5.90. The maximum absolute atomic E-state index is 4.44. The van der Waals surface area contributed by atoms with Crippen LogP contribution in [0, 0.1) is 0 Å². The molecule has 14 heavy (non-hydrogen) atoms. The summed E-state index contributed by atoms with van der Waals surface area (Å²) in [6, 6.07) is 1.14. The molecule has 0 amide bonds. The SMILES string of the molecule is CC(NC1CCCCC1)C1=NCCN1. The second kappa shape index (κ2) is 4.78. The second-order valence-corrected chi connectivity index (χ2v) is 4.42. The average Bonchev–Trinajstić information content (AvgIpc) is 2.72. The Balaban J connectivity index is 1.77. The summed E-state index contributed by atoms with van der Waals surface area (Å²) in [7, 11) is 0. The fourth-order valence-corrected chi connectivity index (χ4v) is 2.41. The van der Waals surface area contributed by atoms with Crippen LogP contribution in [0.2, 0.25) is 0 Å². The summed E-state index contributed by atoms with van der Waals surface area (Å²) in [4.78, 5) is 4.44. The van der Waals surface area contributed by atoms with E-state index < -0.39 is 0 Å². The Morgan fingerprint density at radius 3 is 2.79 bits per heavy atom. The fraction of sp³-hybridized carbons (Fsp3) is 0.909. The smallest absolute Gasteiger partial charge is 0.113 e. The third-order valence-corrected chi connectivity index (χ3v) is 3.20. The van der Waals surface area contributed by atoms with Crippen LogP contribution in [-0.2, 0) is 0 Å². The summed E-state index contributed by atoms with van der Waals surface area (Å²) >= 11 is 0. The van der Waals surface area contributed by atoms with Gasteiger partial charge in [-0.15, -0.1) is 0 Å². The minimum atomic E-state index is 0.417. The zero-order valence-corrected chi connectivity index (χ0v) is 9.05. The molecule has 2 rings (SSSR count). The average molecular weight is 195 g/mol. The van der Waals surface area contributed by atoms with E-state index in [1.807, 2.05) is 0 Å². The molecule has 1 heterocycles. The monoisotopic (exact) mass is 195 g/mol. The maximum Gasteiger partial charge on any atom is 0.113 e. The van der Waals surface area contributed by atoms with E-state index in [0.29, 0.717) is 6.04 Å². The summed E-state index contributed by atoms with van der Waals surface area (Å²) in [6.45, 7) is 4.18. The second-order valence-electron chi connectivity index (χ2n) is 4.42. The molecule has 0 spiro atoms. The Morgan fingerprint density at radius 1 is 1.36 bits per heavy atom. The largest absolute Gasteiger partial charge is 0.371 e.